The van der Waals surface area contributed by atoms with E-state index in [-0.39, 0.29) is 15.1 Å². The van der Waals surface area contributed by atoms with Gasteiger partial charge in [0.15, 0.2) is 0 Å². The van der Waals surface area contributed by atoms with Gasteiger partial charge < -0.3 is 0 Å². The summed E-state index contributed by atoms with van der Waals surface area (Å²) in [5.41, 5.74) is 0. The summed E-state index contributed by atoms with van der Waals surface area (Å²) in [6.45, 7) is 0.573. The van der Waals surface area contributed by atoms with Crippen molar-refractivity contribution in [3.63, 3.8) is 0 Å². The van der Waals surface area contributed by atoms with Crippen molar-refractivity contribution in [2.45, 2.75) is 30.6 Å². The van der Waals surface area contributed by atoms with Crippen molar-refractivity contribution >= 4 is 33.2 Å². The number of halogens is 2. The van der Waals surface area contributed by atoms with E-state index in [0.29, 0.717) is 18.4 Å². The van der Waals surface area contributed by atoms with E-state index in [9.17, 15) is 8.42 Å². The summed E-state index contributed by atoms with van der Waals surface area (Å²) >= 11 is 11.6. The first-order valence-corrected chi connectivity index (χ1v) is 9.35. The van der Waals surface area contributed by atoms with Crippen molar-refractivity contribution in [3.8, 4) is 0 Å². The molecule has 0 aliphatic heterocycles. The highest BCUT2D eigenvalue weighted by molar-refractivity contribution is 7.89. The molecule has 0 N–H and O–H groups in total. The van der Waals surface area contributed by atoms with E-state index < -0.39 is 10.0 Å². The highest BCUT2D eigenvalue weighted by Gasteiger charge is 2.40. The first-order chi connectivity index (χ1) is 9.88. The molecule has 21 heavy (non-hydrogen) atoms. The molecule has 2 fully saturated rings. The zero-order valence-corrected chi connectivity index (χ0v) is 14.1. The molecule has 2 aliphatic rings. The third-order valence-electron chi connectivity index (χ3n) is 4.86. The summed E-state index contributed by atoms with van der Waals surface area (Å²) in [7, 11) is -1.93. The Bertz CT molecular complexity index is 650. The molecule has 0 aromatic carbocycles. The Morgan fingerprint density at radius 2 is 2.10 bits per heavy atom. The first kappa shape index (κ1) is 15.5. The van der Waals surface area contributed by atoms with E-state index >= 15 is 0 Å². The number of hydrogen-bond acceptors (Lipinski definition) is 3. The minimum Gasteiger partial charge on any atom is -0.242 e. The van der Waals surface area contributed by atoms with Crippen LogP contribution in [0.2, 0.25) is 10.2 Å². The molecule has 116 valence electrons. The second kappa shape index (κ2) is 5.69. The van der Waals surface area contributed by atoms with Gasteiger partial charge in [0.1, 0.15) is 10.0 Å². The van der Waals surface area contributed by atoms with Crippen molar-refractivity contribution < 1.29 is 8.42 Å². The Hall–Kier alpha value is -0.360. The molecule has 0 amide bonds. The molecular weight excluding hydrogens is 331 g/mol. The Morgan fingerprint density at radius 3 is 2.67 bits per heavy atom. The average Bonchev–Trinajstić information content (AvgIpc) is 3.04. The van der Waals surface area contributed by atoms with Crippen molar-refractivity contribution in [1.29, 1.82) is 0 Å². The molecule has 1 aromatic rings. The molecule has 0 saturated heterocycles. The standard InChI is InChI=1S/C14H18Cl2N2O2S/c1-18(8-11-5-9-2-3-10(11)4-9)21(19,20)12-6-13(15)14(16)17-7-12/h6-7,9-11H,2-5,8H2,1H3. The molecular formula is C14H18Cl2N2O2S. The van der Waals surface area contributed by atoms with Crippen molar-refractivity contribution in [1.82, 2.24) is 9.29 Å². The number of pyridine rings is 1. The number of aromatic nitrogens is 1. The molecule has 2 saturated carbocycles. The molecule has 2 bridgehead atoms. The van der Waals surface area contributed by atoms with Crippen molar-refractivity contribution in [3.05, 3.63) is 22.4 Å². The van der Waals surface area contributed by atoms with E-state index in [2.05, 4.69) is 4.98 Å². The van der Waals surface area contributed by atoms with Gasteiger partial charge in [0, 0.05) is 19.8 Å². The maximum atomic E-state index is 12.6. The van der Waals surface area contributed by atoms with Crippen LogP contribution < -0.4 is 0 Å². The fourth-order valence-electron chi connectivity index (χ4n) is 3.75. The lowest BCUT2D eigenvalue weighted by molar-refractivity contribution is 0.280. The van der Waals surface area contributed by atoms with Gasteiger partial charge in [-0.1, -0.05) is 29.6 Å². The minimum atomic E-state index is -3.55. The molecule has 7 heteroatoms. The third-order valence-corrected chi connectivity index (χ3v) is 7.33. The van der Waals surface area contributed by atoms with E-state index in [1.807, 2.05) is 0 Å². The van der Waals surface area contributed by atoms with Gasteiger partial charge in [-0.25, -0.2) is 17.7 Å². The summed E-state index contributed by atoms with van der Waals surface area (Å²) in [4.78, 5) is 3.92. The van der Waals surface area contributed by atoms with Gasteiger partial charge in [0.25, 0.3) is 0 Å². The van der Waals surface area contributed by atoms with Crippen molar-refractivity contribution in [2.24, 2.45) is 17.8 Å². The Labute approximate surface area is 135 Å². The molecule has 2 aliphatic carbocycles. The van der Waals surface area contributed by atoms with Crippen LogP contribution in [0.1, 0.15) is 25.7 Å². The number of hydrogen-bond donors (Lipinski definition) is 0. The van der Waals surface area contributed by atoms with Crippen LogP contribution in [0.5, 0.6) is 0 Å². The highest BCUT2D eigenvalue weighted by Crippen LogP contribution is 2.48. The van der Waals surface area contributed by atoms with Gasteiger partial charge in [0.05, 0.1) is 5.02 Å². The molecule has 1 heterocycles. The van der Waals surface area contributed by atoms with Crippen LogP contribution in [0.25, 0.3) is 0 Å². The van der Waals surface area contributed by atoms with Crippen LogP contribution in [0.3, 0.4) is 0 Å². The summed E-state index contributed by atoms with van der Waals surface area (Å²) < 4.78 is 26.6. The molecule has 3 rings (SSSR count). The number of sulfonamides is 1. The van der Waals surface area contributed by atoms with Gasteiger partial charge in [-0.3, -0.25) is 0 Å². The first-order valence-electron chi connectivity index (χ1n) is 7.15. The van der Waals surface area contributed by atoms with Gasteiger partial charge >= 0.3 is 0 Å². The quantitative estimate of drug-likeness (QED) is 0.783. The van der Waals surface area contributed by atoms with Crippen LogP contribution in [0.4, 0.5) is 0 Å². The molecule has 4 nitrogen and oxygen atoms in total. The van der Waals surface area contributed by atoms with E-state index in [1.54, 1.807) is 7.05 Å². The van der Waals surface area contributed by atoms with Gasteiger partial charge in [-0.05, 0) is 43.1 Å². The van der Waals surface area contributed by atoms with Crippen LogP contribution in [0.15, 0.2) is 17.2 Å². The van der Waals surface area contributed by atoms with E-state index in [1.165, 1.54) is 35.8 Å². The normalized spacial score (nSPS) is 28.5. The lowest BCUT2D eigenvalue weighted by Gasteiger charge is -2.26. The van der Waals surface area contributed by atoms with Gasteiger partial charge in [-0.15, -0.1) is 0 Å². The van der Waals surface area contributed by atoms with Crippen LogP contribution in [0, 0.1) is 17.8 Å². The summed E-state index contributed by atoms with van der Waals surface area (Å²) in [5, 5.41) is 0.275. The second-order valence-electron chi connectivity index (χ2n) is 6.16. The number of fused-ring (bicyclic) bond motifs is 2. The predicted molar refractivity (Wildman–Crippen MR) is 83.0 cm³/mol. The Kier molecular flexibility index (Phi) is 4.21. The maximum absolute atomic E-state index is 12.6. The Morgan fingerprint density at radius 1 is 1.33 bits per heavy atom. The summed E-state index contributed by atoms with van der Waals surface area (Å²) in [6, 6.07) is 1.36. The maximum Gasteiger partial charge on any atom is 0.244 e. The second-order valence-corrected chi connectivity index (χ2v) is 8.97. The lowest BCUT2D eigenvalue weighted by atomic mass is 9.89. The molecule has 3 unspecified atom stereocenters. The van der Waals surface area contributed by atoms with E-state index in [0.717, 1.165) is 12.3 Å². The smallest absolute Gasteiger partial charge is 0.242 e. The topological polar surface area (TPSA) is 50.3 Å². The fourth-order valence-corrected chi connectivity index (χ4v) is 5.29. The minimum absolute atomic E-state index is 0.0996. The van der Waals surface area contributed by atoms with Crippen LogP contribution in [-0.2, 0) is 10.0 Å². The van der Waals surface area contributed by atoms with Crippen molar-refractivity contribution in [2.75, 3.05) is 13.6 Å². The number of rotatable bonds is 4. The molecule has 3 atom stereocenters. The largest absolute Gasteiger partial charge is 0.244 e. The summed E-state index contributed by atoms with van der Waals surface area (Å²) in [6.07, 6.45) is 6.25. The molecule has 0 spiro atoms. The third kappa shape index (κ3) is 2.93. The average molecular weight is 349 g/mol. The van der Waals surface area contributed by atoms with Crippen LogP contribution in [-0.4, -0.2) is 31.3 Å². The van der Waals surface area contributed by atoms with E-state index in [4.69, 9.17) is 23.2 Å². The van der Waals surface area contributed by atoms with Gasteiger partial charge in [0.2, 0.25) is 10.0 Å². The zero-order chi connectivity index (χ0) is 15.2. The highest BCUT2D eigenvalue weighted by atomic mass is 35.5. The number of nitrogens with zero attached hydrogens (tertiary/aromatic N) is 2. The van der Waals surface area contributed by atoms with Gasteiger partial charge in [-0.2, -0.15) is 0 Å². The summed E-state index contributed by atoms with van der Waals surface area (Å²) in [5.74, 6) is 1.99. The lowest BCUT2D eigenvalue weighted by Crippen LogP contribution is -2.33. The Balaban J connectivity index is 1.76. The molecule has 0 radical (unpaired) electrons. The zero-order valence-electron chi connectivity index (χ0n) is 11.8. The van der Waals surface area contributed by atoms with Crippen LogP contribution >= 0.6 is 23.2 Å². The predicted octanol–water partition coefficient (Wildman–Crippen LogP) is 3.45. The monoisotopic (exact) mass is 348 g/mol. The molecule has 1 aromatic heterocycles. The fraction of sp³-hybridized carbons (Fsp3) is 0.643. The SMILES string of the molecule is CN(CC1CC2CCC1C2)S(=O)(=O)c1cnc(Cl)c(Cl)c1.